The standard InChI is InChI=1S/C16H21N5O4/c1-16(2,3)25-15(22)17-10-6-7-20(9-10)14-18-12-5-4-11(21(23)24)8-13(12)19-14/h4-5,8,10H,6-7,9H2,1-3H3,(H,17,22)(H,18,19)/t10-/m0/s1. The molecule has 0 unspecified atom stereocenters. The number of carbonyl (C=O) groups excluding carboxylic acids is 1. The fourth-order valence-electron chi connectivity index (χ4n) is 2.79. The van der Waals surface area contributed by atoms with Gasteiger partial charge >= 0.3 is 6.09 Å². The molecule has 9 heteroatoms. The highest BCUT2D eigenvalue weighted by Crippen LogP contribution is 2.24. The van der Waals surface area contributed by atoms with Gasteiger partial charge in [-0.1, -0.05) is 0 Å². The molecule has 1 saturated heterocycles. The van der Waals surface area contributed by atoms with Gasteiger partial charge in [0.25, 0.3) is 5.69 Å². The lowest BCUT2D eigenvalue weighted by molar-refractivity contribution is -0.384. The fourth-order valence-corrected chi connectivity index (χ4v) is 2.79. The van der Waals surface area contributed by atoms with Crippen molar-refractivity contribution in [3.8, 4) is 0 Å². The maximum absolute atomic E-state index is 11.9. The van der Waals surface area contributed by atoms with Crippen LogP contribution >= 0.6 is 0 Å². The van der Waals surface area contributed by atoms with E-state index in [-0.39, 0.29) is 11.7 Å². The molecule has 0 spiro atoms. The van der Waals surface area contributed by atoms with Crippen LogP contribution in [0.5, 0.6) is 0 Å². The zero-order valence-corrected chi connectivity index (χ0v) is 14.4. The number of H-pyrrole nitrogens is 1. The van der Waals surface area contributed by atoms with Crippen LogP contribution in [0.15, 0.2) is 18.2 Å². The van der Waals surface area contributed by atoms with Crippen molar-refractivity contribution in [3.63, 3.8) is 0 Å². The number of nitrogens with zero attached hydrogens (tertiary/aromatic N) is 3. The molecule has 1 atom stereocenters. The minimum absolute atomic E-state index is 0.0218. The van der Waals surface area contributed by atoms with E-state index in [0.717, 1.165) is 13.0 Å². The predicted octanol–water partition coefficient (Wildman–Crippen LogP) is 2.57. The van der Waals surface area contributed by atoms with Crippen LogP contribution in [0.4, 0.5) is 16.4 Å². The Morgan fingerprint density at radius 2 is 2.24 bits per heavy atom. The van der Waals surface area contributed by atoms with Gasteiger partial charge in [0.05, 0.1) is 22.0 Å². The number of aromatic nitrogens is 2. The lowest BCUT2D eigenvalue weighted by Gasteiger charge is -2.22. The lowest BCUT2D eigenvalue weighted by atomic mass is 10.2. The van der Waals surface area contributed by atoms with Crippen LogP contribution in [0.25, 0.3) is 11.0 Å². The third-order valence-corrected chi connectivity index (χ3v) is 3.87. The van der Waals surface area contributed by atoms with Gasteiger partial charge in [-0.15, -0.1) is 0 Å². The molecule has 2 heterocycles. The highest BCUT2D eigenvalue weighted by atomic mass is 16.6. The first-order chi connectivity index (χ1) is 11.7. The average Bonchev–Trinajstić information content (AvgIpc) is 3.10. The van der Waals surface area contributed by atoms with Crippen LogP contribution in [0.1, 0.15) is 27.2 Å². The summed E-state index contributed by atoms with van der Waals surface area (Å²) in [5, 5.41) is 13.7. The molecule has 0 saturated carbocycles. The Bertz CT molecular complexity index is 810. The van der Waals surface area contributed by atoms with Crippen LogP contribution < -0.4 is 10.2 Å². The number of amides is 1. The molecule has 0 bridgehead atoms. The summed E-state index contributed by atoms with van der Waals surface area (Å²) in [6.45, 7) is 6.78. The summed E-state index contributed by atoms with van der Waals surface area (Å²) in [5.74, 6) is 0.643. The molecule has 1 amide bonds. The summed E-state index contributed by atoms with van der Waals surface area (Å²) in [7, 11) is 0. The second-order valence-electron chi connectivity index (χ2n) is 7.10. The predicted molar refractivity (Wildman–Crippen MR) is 92.7 cm³/mol. The molecule has 134 valence electrons. The first kappa shape index (κ1) is 17.0. The first-order valence-electron chi connectivity index (χ1n) is 8.10. The number of anilines is 1. The zero-order chi connectivity index (χ0) is 18.2. The van der Waals surface area contributed by atoms with Crippen LogP contribution in [-0.4, -0.2) is 45.7 Å². The SMILES string of the molecule is CC(C)(C)OC(=O)N[C@H]1CCN(c2nc3ccc([N+](=O)[O-])cc3[nH]2)C1. The van der Waals surface area contributed by atoms with Crippen LogP contribution in [-0.2, 0) is 4.74 Å². The summed E-state index contributed by atoms with van der Waals surface area (Å²) >= 11 is 0. The third kappa shape index (κ3) is 3.98. The molecular formula is C16H21N5O4. The van der Waals surface area contributed by atoms with E-state index in [1.54, 1.807) is 6.07 Å². The third-order valence-electron chi connectivity index (χ3n) is 3.87. The van der Waals surface area contributed by atoms with E-state index in [0.29, 0.717) is 23.5 Å². The molecule has 25 heavy (non-hydrogen) atoms. The van der Waals surface area contributed by atoms with Crippen molar-refractivity contribution in [2.75, 3.05) is 18.0 Å². The van der Waals surface area contributed by atoms with E-state index in [2.05, 4.69) is 15.3 Å². The summed E-state index contributed by atoms with van der Waals surface area (Å²) in [5.41, 5.74) is 0.779. The van der Waals surface area contributed by atoms with E-state index >= 15 is 0 Å². The fraction of sp³-hybridized carbons (Fsp3) is 0.500. The van der Waals surface area contributed by atoms with Crippen LogP contribution in [0.2, 0.25) is 0 Å². The van der Waals surface area contributed by atoms with E-state index in [9.17, 15) is 14.9 Å². The molecule has 1 aliphatic heterocycles. The van der Waals surface area contributed by atoms with Crippen molar-refractivity contribution >= 4 is 28.8 Å². The average molecular weight is 347 g/mol. The van der Waals surface area contributed by atoms with Crippen molar-refractivity contribution in [2.45, 2.75) is 38.8 Å². The number of fused-ring (bicyclic) bond motifs is 1. The van der Waals surface area contributed by atoms with Crippen molar-refractivity contribution in [2.24, 2.45) is 0 Å². The van der Waals surface area contributed by atoms with Gasteiger partial charge in [-0.25, -0.2) is 9.78 Å². The number of aromatic amines is 1. The monoisotopic (exact) mass is 347 g/mol. The number of nitro benzene ring substituents is 1. The number of hydrogen-bond acceptors (Lipinski definition) is 6. The Hall–Kier alpha value is -2.84. The normalized spacial score (nSPS) is 17.7. The number of imidazole rings is 1. The van der Waals surface area contributed by atoms with Crippen molar-refractivity contribution < 1.29 is 14.5 Å². The Morgan fingerprint density at radius 3 is 2.92 bits per heavy atom. The Labute approximate surface area is 144 Å². The van der Waals surface area contributed by atoms with E-state index in [4.69, 9.17) is 4.74 Å². The minimum atomic E-state index is -0.532. The second-order valence-corrected chi connectivity index (χ2v) is 7.10. The molecule has 2 N–H and O–H groups in total. The Kier molecular flexibility index (Phi) is 4.23. The maximum Gasteiger partial charge on any atom is 0.407 e. The molecule has 9 nitrogen and oxygen atoms in total. The second kappa shape index (κ2) is 6.23. The van der Waals surface area contributed by atoms with Gasteiger partial charge in [-0.3, -0.25) is 10.1 Å². The Balaban J connectivity index is 1.66. The smallest absolute Gasteiger partial charge is 0.407 e. The highest BCUT2D eigenvalue weighted by Gasteiger charge is 2.27. The number of benzene rings is 1. The van der Waals surface area contributed by atoms with Gasteiger partial charge < -0.3 is 19.9 Å². The molecule has 1 aromatic carbocycles. The number of alkyl carbamates (subject to hydrolysis) is 1. The van der Waals surface area contributed by atoms with Crippen LogP contribution in [0.3, 0.4) is 0 Å². The molecule has 3 rings (SSSR count). The van der Waals surface area contributed by atoms with E-state index < -0.39 is 16.6 Å². The molecule has 2 aromatic rings. The van der Waals surface area contributed by atoms with Gasteiger partial charge in [0.15, 0.2) is 0 Å². The summed E-state index contributed by atoms with van der Waals surface area (Å²) in [6.07, 6.45) is 0.343. The summed E-state index contributed by atoms with van der Waals surface area (Å²) in [6, 6.07) is 4.50. The number of non-ortho nitro benzene ring substituents is 1. The molecule has 0 radical (unpaired) electrons. The number of nitro groups is 1. The highest BCUT2D eigenvalue weighted by molar-refractivity contribution is 5.80. The molecule has 1 fully saturated rings. The van der Waals surface area contributed by atoms with E-state index in [1.165, 1.54) is 12.1 Å². The maximum atomic E-state index is 11.9. The summed E-state index contributed by atoms with van der Waals surface area (Å²) in [4.78, 5) is 31.9. The van der Waals surface area contributed by atoms with Gasteiger partial charge in [0.2, 0.25) is 5.95 Å². The quantitative estimate of drug-likeness (QED) is 0.651. The van der Waals surface area contributed by atoms with Gasteiger partial charge in [0.1, 0.15) is 5.60 Å². The molecule has 1 aliphatic rings. The number of ether oxygens (including phenoxy) is 1. The van der Waals surface area contributed by atoms with Gasteiger partial charge in [-0.05, 0) is 33.3 Å². The van der Waals surface area contributed by atoms with Crippen molar-refractivity contribution in [1.82, 2.24) is 15.3 Å². The van der Waals surface area contributed by atoms with Gasteiger partial charge in [-0.2, -0.15) is 0 Å². The van der Waals surface area contributed by atoms with Crippen LogP contribution in [0, 0.1) is 10.1 Å². The molecule has 0 aliphatic carbocycles. The molecular weight excluding hydrogens is 326 g/mol. The van der Waals surface area contributed by atoms with Crippen molar-refractivity contribution in [1.29, 1.82) is 0 Å². The topological polar surface area (TPSA) is 113 Å². The largest absolute Gasteiger partial charge is 0.444 e. The number of hydrogen-bond donors (Lipinski definition) is 2. The summed E-state index contributed by atoms with van der Waals surface area (Å²) < 4.78 is 5.27. The Morgan fingerprint density at radius 1 is 1.48 bits per heavy atom. The molecule has 1 aromatic heterocycles. The number of nitrogens with one attached hydrogen (secondary N) is 2. The number of carbonyl (C=O) groups is 1. The first-order valence-corrected chi connectivity index (χ1v) is 8.10. The van der Waals surface area contributed by atoms with E-state index in [1.807, 2.05) is 25.7 Å². The minimum Gasteiger partial charge on any atom is -0.444 e. The lowest BCUT2D eigenvalue weighted by Crippen LogP contribution is -2.40. The zero-order valence-electron chi connectivity index (χ0n) is 14.4. The van der Waals surface area contributed by atoms with Gasteiger partial charge in [0, 0.05) is 25.2 Å². The number of rotatable bonds is 3. The van der Waals surface area contributed by atoms with Crippen molar-refractivity contribution in [3.05, 3.63) is 28.3 Å².